The summed E-state index contributed by atoms with van der Waals surface area (Å²) in [6.45, 7) is 4.35. The Balaban J connectivity index is 1.68. The summed E-state index contributed by atoms with van der Waals surface area (Å²) < 4.78 is 10.8. The van der Waals surface area contributed by atoms with E-state index in [1.54, 1.807) is 47.4 Å². The van der Waals surface area contributed by atoms with Gasteiger partial charge < -0.3 is 14.4 Å². The minimum absolute atomic E-state index is 0.0624. The highest BCUT2D eigenvalue weighted by Crippen LogP contribution is 2.16. The molecule has 1 aliphatic rings. The van der Waals surface area contributed by atoms with Gasteiger partial charge in [0.05, 0.1) is 17.8 Å². The summed E-state index contributed by atoms with van der Waals surface area (Å²) in [5, 5.41) is 0. The van der Waals surface area contributed by atoms with Crippen LogP contribution in [0.4, 0.5) is 0 Å². The summed E-state index contributed by atoms with van der Waals surface area (Å²) in [4.78, 5) is 39.3. The van der Waals surface area contributed by atoms with Crippen LogP contribution >= 0.6 is 0 Å². The SMILES string of the molecule is C[C@@H]1CN(C(=O)COC(=O)c2ccccc2C(=O)c2ccccc2)C[C@@H](C)O1. The Bertz CT molecular complexity index is 854. The van der Waals surface area contributed by atoms with E-state index in [2.05, 4.69) is 0 Å². The molecule has 2 aromatic rings. The molecule has 0 saturated carbocycles. The topological polar surface area (TPSA) is 72.9 Å². The van der Waals surface area contributed by atoms with Crippen LogP contribution in [0.25, 0.3) is 0 Å². The molecule has 6 nitrogen and oxygen atoms in total. The fraction of sp³-hybridized carbons (Fsp3) is 0.318. The van der Waals surface area contributed by atoms with Crippen molar-refractivity contribution >= 4 is 17.7 Å². The van der Waals surface area contributed by atoms with Crippen molar-refractivity contribution in [1.82, 2.24) is 4.90 Å². The van der Waals surface area contributed by atoms with Crippen LogP contribution in [0.15, 0.2) is 54.6 Å². The van der Waals surface area contributed by atoms with Crippen LogP contribution in [0.1, 0.15) is 40.1 Å². The zero-order valence-corrected chi connectivity index (χ0v) is 16.0. The number of esters is 1. The third-order valence-electron chi connectivity index (χ3n) is 4.53. The van der Waals surface area contributed by atoms with Crippen molar-refractivity contribution in [1.29, 1.82) is 0 Å². The average molecular weight is 381 g/mol. The van der Waals surface area contributed by atoms with Crippen LogP contribution < -0.4 is 0 Å². The molecule has 1 aliphatic heterocycles. The van der Waals surface area contributed by atoms with Crippen molar-refractivity contribution in [2.45, 2.75) is 26.1 Å². The number of amides is 1. The predicted molar refractivity (Wildman–Crippen MR) is 103 cm³/mol. The zero-order chi connectivity index (χ0) is 20.1. The molecule has 2 atom stereocenters. The Morgan fingerprint density at radius 3 is 2.14 bits per heavy atom. The summed E-state index contributed by atoms with van der Waals surface area (Å²) in [5.74, 6) is -1.24. The van der Waals surface area contributed by atoms with Crippen LogP contribution in [0.3, 0.4) is 0 Å². The van der Waals surface area contributed by atoms with Crippen molar-refractivity contribution < 1.29 is 23.9 Å². The van der Waals surface area contributed by atoms with E-state index < -0.39 is 5.97 Å². The summed E-state index contributed by atoms with van der Waals surface area (Å²) in [5.41, 5.74) is 0.878. The first-order chi connectivity index (χ1) is 13.5. The van der Waals surface area contributed by atoms with Gasteiger partial charge in [0.25, 0.3) is 5.91 Å². The Hall–Kier alpha value is -2.99. The standard InChI is InChI=1S/C22H23NO5/c1-15-12-23(13-16(2)28-15)20(24)14-27-22(26)19-11-7-6-10-18(19)21(25)17-8-4-3-5-9-17/h3-11,15-16H,12-14H2,1-2H3/t15-,16-/m1/s1. The molecule has 28 heavy (non-hydrogen) atoms. The maximum atomic E-state index is 12.7. The molecule has 146 valence electrons. The molecule has 0 aromatic heterocycles. The van der Waals surface area contributed by atoms with E-state index in [0.29, 0.717) is 18.7 Å². The van der Waals surface area contributed by atoms with Gasteiger partial charge in [-0.1, -0.05) is 48.5 Å². The molecule has 6 heteroatoms. The molecular formula is C22H23NO5. The summed E-state index contributed by atoms with van der Waals surface area (Å²) in [6, 6.07) is 15.2. The molecule has 1 saturated heterocycles. The van der Waals surface area contributed by atoms with E-state index in [9.17, 15) is 14.4 Å². The monoisotopic (exact) mass is 381 g/mol. The minimum atomic E-state index is -0.692. The number of morpholine rings is 1. The number of hydrogen-bond acceptors (Lipinski definition) is 5. The fourth-order valence-corrected chi connectivity index (χ4v) is 3.28. The first-order valence-electron chi connectivity index (χ1n) is 9.25. The molecule has 0 aliphatic carbocycles. The second kappa shape index (κ2) is 8.80. The zero-order valence-electron chi connectivity index (χ0n) is 16.0. The molecule has 2 aromatic carbocycles. The molecule has 0 N–H and O–H groups in total. The molecule has 3 rings (SSSR count). The first-order valence-corrected chi connectivity index (χ1v) is 9.25. The largest absolute Gasteiger partial charge is 0.452 e. The quantitative estimate of drug-likeness (QED) is 0.588. The first kappa shape index (κ1) is 19.8. The highest BCUT2D eigenvalue weighted by molar-refractivity contribution is 6.14. The Morgan fingerprint density at radius 1 is 0.929 bits per heavy atom. The Kier molecular flexibility index (Phi) is 6.21. The fourth-order valence-electron chi connectivity index (χ4n) is 3.28. The molecule has 0 bridgehead atoms. The normalized spacial score (nSPS) is 19.1. The van der Waals surface area contributed by atoms with E-state index in [1.807, 2.05) is 19.9 Å². The highest BCUT2D eigenvalue weighted by Gasteiger charge is 2.27. The lowest BCUT2D eigenvalue weighted by molar-refractivity contribution is -0.146. The van der Waals surface area contributed by atoms with Crippen LogP contribution in [0, 0.1) is 0 Å². The minimum Gasteiger partial charge on any atom is -0.452 e. The van der Waals surface area contributed by atoms with Crippen LogP contribution in [0.2, 0.25) is 0 Å². The van der Waals surface area contributed by atoms with Gasteiger partial charge in [-0.3, -0.25) is 9.59 Å². The molecule has 1 heterocycles. The predicted octanol–water partition coefficient (Wildman–Crippen LogP) is 2.71. The van der Waals surface area contributed by atoms with E-state index in [0.717, 1.165) is 0 Å². The number of ether oxygens (including phenoxy) is 2. The lowest BCUT2D eigenvalue weighted by atomic mass is 9.98. The van der Waals surface area contributed by atoms with Crippen LogP contribution in [-0.4, -0.2) is 54.5 Å². The van der Waals surface area contributed by atoms with Crippen molar-refractivity contribution in [2.24, 2.45) is 0 Å². The molecular weight excluding hydrogens is 358 g/mol. The number of hydrogen-bond donors (Lipinski definition) is 0. The van der Waals surface area contributed by atoms with Gasteiger partial charge in [0.15, 0.2) is 12.4 Å². The third-order valence-corrected chi connectivity index (χ3v) is 4.53. The van der Waals surface area contributed by atoms with Gasteiger partial charge in [-0.05, 0) is 19.9 Å². The van der Waals surface area contributed by atoms with Crippen molar-refractivity contribution in [3.63, 3.8) is 0 Å². The van der Waals surface area contributed by atoms with E-state index >= 15 is 0 Å². The molecule has 0 spiro atoms. The number of carbonyl (C=O) groups is 3. The van der Waals surface area contributed by atoms with Gasteiger partial charge in [-0.25, -0.2) is 4.79 Å². The summed E-state index contributed by atoms with van der Waals surface area (Å²) in [7, 11) is 0. The van der Waals surface area contributed by atoms with Crippen LogP contribution in [-0.2, 0) is 14.3 Å². The molecule has 1 fully saturated rings. The van der Waals surface area contributed by atoms with E-state index in [4.69, 9.17) is 9.47 Å². The van der Waals surface area contributed by atoms with Gasteiger partial charge in [0, 0.05) is 24.2 Å². The Labute approximate surface area is 164 Å². The second-order valence-electron chi connectivity index (χ2n) is 6.87. The summed E-state index contributed by atoms with van der Waals surface area (Å²) >= 11 is 0. The van der Waals surface area contributed by atoms with Gasteiger partial charge in [-0.2, -0.15) is 0 Å². The third kappa shape index (κ3) is 4.64. The van der Waals surface area contributed by atoms with Gasteiger partial charge in [0.1, 0.15) is 0 Å². The highest BCUT2D eigenvalue weighted by atomic mass is 16.5. The number of nitrogens with zero attached hydrogens (tertiary/aromatic N) is 1. The maximum absolute atomic E-state index is 12.7. The van der Waals surface area contributed by atoms with Crippen LogP contribution in [0.5, 0.6) is 0 Å². The molecule has 1 amide bonds. The van der Waals surface area contributed by atoms with E-state index in [1.165, 1.54) is 6.07 Å². The molecule has 0 unspecified atom stereocenters. The number of rotatable bonds is 5. The van der Waals surface area contributed by atoms with Crippen molar-refractivity contribution in [3.8, 4) is 0 Å². The van der Waals surface area contributed by atoms with Crippen molar-refractivity contribution in [3.05, 3.63) is 71.3 Å². The number of ketones is 1. The lowest BCUT2D eigenvalue weighted by Crippen LogP contribution is -2.49. The Morgan fingerprint density at radius 2 is 1.50 bits per heavy atom. The smallest absolute Gasteiger partial charge is 0.339 e. The average Bonchev–Trinajstić information content (AvgIpc) is 2.71. The molecule has 0 radical (unpaired) electrons. The maximum Gasteiger partial charge on any atom is 0.339 e. The van der Waals surface area contributed by atoms with Crippen molar-refractivity contribution in [2.75, 3.05) is 19.7 Å². The van der Waals surface area contributed by atoms with Gasteiger partial charge >= 0.3 is 5.97 Å². The second-order valence-corrected chi connectivity index (χ2v) is 6.87. The number of benzene rings is 2. The lowest BCUT2D eigenvalue weighted by Gasteiger charge is -2.35. The van der Waals surface area contributed by atoms with Gasteiger partial charge in [0.2, 0.25) is 0 Å². The van der Waals surface area contributed by atoms with Gasteiger partial charge in [-0.15, -0.1) is 0 Å². The number of carbonyl (C=O) groups excluding carboxylic acids is 3. The van der Waals surface area contributed by atoms with E-state index in [-0.39, 0.29) is 41.6 Å². The summed E-state index contributed by atoms with van der Waals surface area (Å²) in [6.07, 6.45) is -0.125.